The van der Waals surface area contributed by atoms with Gasteiger partial charge in [-0.15, -0.1) is 0 Å². The van der Waals surface area contributed by atoms with Crippen molar-refractivity contribution in [2.45, 2.75) is 58.8 Å². The summed E-state index contributed by atoms with van der Waals surface area (Å²) in [5, 5.41) is 12.1. The summed E-state index contributed by atoms with van der Waals surface area (Å²) in [7, 11) is 1.63. The Morgan fingerprint density at radius 1 is 1.08 bits per heavy atom. The van der Waals surface area contributed by atoms with Crippen LogP contribution in [0.25, 0.3) is 6.08 Å². The molecule has 1 aliphatic rings. The summed E-state index contributed by atoms with van der Waals surface area (Å²) < 4.78 is 0. The van der Waals surface area contributed by atoms with E-state index in [0.717, 1.165) is 22.3 Å². The lowest BCUT2D eigenvalue weighted by Crippen LogP contribution is -2.33. The summed E-state index contributed by atoms with van der Waals surface area (Å²) in [5.74, 6) is 0.247. The van der Waals surface area contributed by atoms with Crippen LogP contribution in [0.3, 0.4) is 0 Å². The Morgan fingerprint density at radius 3 is 2.04 bits per heavy atom. The van der Waals surface area contributed by atoms with Crippen LogP contribution in [-0.2, 0) is 20.5 Å². The van der Waals surface area contributed by atoms with Gasteiger partial charge in [0, 0.05) is 30.2 Å². The maximum Gasteiger partial charge on any atom is 0.273 e. The van der Waals surface area contributed by atoms with E-state index in [4.69, 9.17) is 4.84 Å². The minimum absolute atomic E-state index is 0.107. The van der Waals surface area contributed by atoms with Gasteiger partial charge in [-0.1, -0.05) is 41.5 Å². The molecule has 1 N–H and O–H groups in total. The van der Waals surface area contributed by atoms with Crippen molar-refractivity contribution in [2.24, 2.45) is 0 Å². The lowest BCUT2D eigenvalue weighted by Gasteiger charge is -2.28. The van der Waals surface area contributed by atoms with E-state index in [0.29, 0.717) is 18.8 Å². The Kier molecular flexibility index (Phi) is 4.82. The van der Waals surface area contributed by atoms with Gasteiger partial charge in [-0.25, -0.2) is 5.06 Å². The van der Waals surface area contributed by atoms with Crippen molar-refractivity contribution >= 4 is 12.0 Å². The van der Waals surface area contributed by atoms with Gasteiger partial charge in [0.05, 0.1) is 6.61 Å². The number of nitrogens with zero attached hydrogens (tertiary/aromatic N) is 1. The van der Waals surface area contributed by atoms with E-state index in [2.05, 4.69) is 41.5 Å². The van der Waals surface area contributed by atoms with Crippen molar-refractivity contribution in [3.05, 3.63) is 34.4 Å². The number of carbonyl (C=O) groups is 1. The van der Waals surface area contributed by atoms with Gasteiger partial charge in [0.2, 0.25) is 0 Å². The van der Waals surface area contributed by atoms with Crippen LogP contribution in [0.5, 0.6) is 5.75 Å². The number of carbonyl (C=O) groups excluding carboxylic acids is 1. The zero-order chi connectivity index (χ0) is 18.3. The molecular weight excluding hydrogens is 302 g/mol. The predicted molar refractivity (Wildman–Crippen MR) is 96.8 cm³/mol. The third kappa shape index (κ3) is 3.81. The molecule has 132 valence electrons. The molecule has 0 aliphatic carbocycles. The second kappa shape index (κ2) is 6.25. The molecule has 4 heteroatoms. The minimum atomic E-state index is -0.185. The molecule has 1 saturated heterocycles. The number of phenols is 1. The quantitative estimate of drug-likeness (QED) is 0.786. The van der Waals surface area contributed by atoms with Gasteiger partial charge in [0.15, 0.2) is 0 Å². The van der Waals surface area contributed by atoms with Gasteiger partial charge in [0.1, 0.15) is 5.75 Å². The van der Waals surface area contributed by atoms with Crippen molar-refractivity contribution in [3.8, 4) is 5.75 Å². The molecule has 0 unspecified atom stereocenters. The second-order valence-electron chi connectivity index (χ2n) is 8.52. The zero-order valence-corrected chi connectivity index (χ0v) is 15.9. The summed E-state index contributed by atoms with van der Waals surface area (Å²) in [5.41, 5.74) is 3.10. The summed E-state index contributed by atoms with van der Waals surface area (Å²) >= 11 is 0. The largest absolute Gasteiger partial charge is 0.507 e. The number of phenolic OH excluding ortho intramolecular Hbond substituents is 1. The van der Waals surface area contributed by atoms with Crippen molar-refractivity contribution in [1.82, 2.24) is 5.06 Å². The Balaban J connectivity index is 2.61. The van der Waals surface area contributed by atoms with Crippen LogP contribution in [0, 0.1) is 0 Å². The van der Waals surface area contributed by atoms with E-state index in [1.54, 1.807) is 7.05 Å². The first-order valence-electron chi connectivity index (χ1n) is 8.41. The van der Waals surface area contributed by atoms with E-state index in [1.807, 2.05) is 18.2 Å². The lowest BCUT2D eigenvalue weighted by atomic mass is 9.78. The molecule has 1 aliphatic heterocycles. The van der Waals surface area contributed by atoms with Crippen molar-refractivity contribution < 1.29 is 14.7 Å². The van der Waals surface area contributed by atoms with Crippen LogP contribution < -0.4 is 0 Å². The summed E-state index contributed by atoms with van der Waals surface area (Å²) in [6.45, 7) is 13.0. The van der Waals surface area contributed by atoms with Crippen LogP contribution in [0.4, 0.5) is 0 Å². The van der Waals surface area contributed by atoms with Crippen LogP contribution in [0.2, 0.25) is 0 Å². The Labute approximate surface area is 145 Å². The van der Waals surface area contributed by atoms with E-state index >= 15 is 0 Å². The molecule has 0 aromatic heterocycles. The van der Waals surface area contributed by atoms with Crippen molar-refractivity contribution in [3.63, 3.8) is 0 Å². The van der Waals surface area contributed by atoms with Gasteiger partial charge >= 0.3 is 0 Å². The first kappa shape index (κ1) is 18.5. The van der Waals surface area contributed by atoms with Crippen molar-refractivity contribution in [1.29, 1.82) is 0 Å². The number of hydrogen-bond acceptors (Lipinski definition) is 3. The summed E-state index contributed by atoms with van der Waals surface area (Å²) in [4.78, 5) is 17.5. The number of likely N-dealkylation sites (N-methyl/N-ethyl adjacent to an activating group) is 1. The maximum atomic E-state index is 12.2. The Morgan fingerprint density at radius 2 is 1.58 bits per heavy atom. The van der Waals surface area contributed by atoms with Crippen LogP contribution in [0.1, 0.15) is 64.7 Å². The number of hydrogen-bond donors (Lipinski definition) is 1. The molecule has 0 saturated carbocycles. The normalized spacial score (nSPS) is 18.4. The van der Waals surface area contributed by atoms with Crippen LogP contribution >= 0.6 is 0 Å². The Hall–Kier alpha value is -1.81. The molecule has 0 radical (unpaired) electrons. The molecule has 1 amide bonds. The molecule has 0 spiro atoms. The fourth-order valence-electron chi connectivity index (χ4n) is 2.88. The van der Waals surface area contributed by atoms with Crippen LogP contribution in [0.15, 0.2) is 17.7 Å². The van der Waals surface area contributed by atoms with Gasteiger partial charge in [0.25, 0.3) is 5.91 Å². The average Bonchev–Trinajstić information content (AvgIpc) is 2.43. The summed E-state index contributed by atoms with van der Waals surface area (Å²) in [6.07, 6.45) is 2.52. The summed E-state index contributed by atoms with van der Waals surface area (Å²) in [6, 6.07) is 3.97. The average molecular weight is 331 g/mol. The predicted octanol–water partition coefficient (Wildman–Crippen LogP) is 4.16. The highest BCUT2D eigenvalue weighted by atomic mass is 16.7. The molecule has 1 aromatic rings. The lowest BCUT2D eigenvalue weighted by molar-refractivity contribution is -0.180. The van der Waals surface area contributed by atoms with Gasteiger partial charge in [-0.2, -0.15) is 0 Å². The second-order valence-corrected chi connectivity index (χ2v) is 8.52. The monoisotopic (exact) mass is 331 g/mol. The molecular formula is C20H29NO3. The highest BCUT2D eigenvalue weighted by molar-refractivity contribution is 5.97. The first-order chi connectivity index (χ1) is 10.9. The van der Waals surface area contributed by atoms with Crippen LogP contribution in [-0.4, -0.2) is 29.7 Å². The number of amides is 1. The van der Waals surface area contributed by atoms with Gasteiger partial charge in [-0.3, -0.25) is 9.63 Å². The fourth-order valence-corrected chi connectivity index (χ4v) is 2.88. The van der Waals surface area contributed by atoms with Crippen molar-refractivity contribution in [2.75, 3.05) is 13.7 Å². The molecule has 24 heavy (non-hydrogen) atoms. The number of benzene rings is 1. The highest BCUT2D eigenvalue weighted by Crippen LogP contribution is 2.40. The molecule has 0 atom stereocenters. The SMILES string of the molecule is CN1OCC/C(=C\c2cc(C(C)(C)C)c(O)c(C(C)(C)C)c2)C1=O. The zero-order valence-electron chi connectivity index (χ0n) is 15.9. The molecule has 1 aromatic carbocycles. The number of aromatic hydroxyl groups is 1. The van der Waals surface area contributed by atoms with Gasteiger partial charge < -0.3 is 5.11 Å². The number of rotatable bonds is 1. The molecule has 1 fully saturated rings. The van der Waals surface area contributed by atoms with E-state index in [-0.39, 0.29) is 16.7 Å². The van der Waals surface area contributed by atoms with Gasteiger partial charge in [-0.05, 0) is 34.6 Å². The maximum absolute atomic E-state index is 12.2. The topological polar surface area (TPSA) is 49.8 Å². The number of hydroxylamine groups is 2. The smallest absolute Gasteiger partial charge is 0.273 e. The van der Waals surface area contributed by atoms with E-state index < -0.39 is 0 Å². The first-order valence-corrected chi connectivity index (χ1v) is 8.41. The third-order valence-electron chi connectivity index (χ3n) is 4.31. The van der Waals surface area contributed by atoms with E-state index in [9.17, 15) is 9.90 Å². The third-order valence-corrected chi connectivity index (χ3v) is 4.31. The molecule has 1 heterocycles. The standard InChI is InChI=1S/C20H29NO3/c1-19(2,3)15-11-13(12-16(17(15)22)20(4,5)6)10-14-8-9-24-21(7)18(14)23/h10-12,22H,8-9H2,1-7H3/b14-10+. The minimum Gasteiger partial charge on any atom is -0.507 e. The fraction of sp³-hybridized carbons (Fsp3) is 0.550. The highest BCUT2D eigenvalue weighted by Gasteiger charge is 2.27. The van der Waals surface area contributed by atoms with E-state index in [1.165, 1.54) is 5.06 Å². The molecule has 2 rings (SSSR count). The molecule has 4 nitrogen and oxygen atoms in total. The Bertz CT molecular complexity index is 640. The molecule has 0 bridgehead atoms.